The third-order valence-corrected chi connectivity index (χ3v) is 3.36. The van der Waals surface area contributed by atoms with E-state index in [-0.39, 0.29) is 0 Å². The molecule has 0 bridgehead atoms. The number of aliphatic hydroxyl groups is 1. The Morgan fingerprint density at radius 1 is 1.28 bits per heavy atom. The molecule has 0 aliphatic rings. The first kappa shape index (κ1) is 14.9. The fourth-order valence-corrected chi connectivity index (χ4v) is 1.71. The van der Waals surface area contributed by atoms with Gasteiger partial charge in [0.1, 0.15) is 0 Å². The van der Waals surface area contributed by atoms with Crippen molar-refractivity contribution in [2.45, 2.75) is 59.0 Å². The normalized spacial score (nSPS) is 11.9. The van der Waals surface area contributed by atoms with Gasteiger partial charge in [0, 0.05) is 17.9 Å². The van der Waals surface area contributed by atoms with E-state index in [9.17, 15) is 5.11 Å². The topological polar surface area (TPSA) is 58.0 Å². The first-order chi connectivity index (χ1) is 8.40. The quantitative estimate of drug-likeness (QED) is 0.816. The van der Waals surface area contributed by atoms with Crippen molar-refractivity contribution in [1.29, 1.82) is 0 Å². The van der Waals surface area contributed by atoms with Crippen LogP contribution in [0.2, 0.25) is 0 Å². The number of nitrogens with zero attached hydrogens (tertiary/aromatic N) is 2. The van der Waals surface area contributed by atoms with Crippen molar-refractivity contribution in [3.05, 3.63) is 17.5 Å². The molecule has 1 rings (SSSR count). The van der Waals surface area contributed by atoms with Crippen LogP contribution in [0.3, 0.4) is 0 Å². The Labute approximate surface area is 110 Å². The average molecular weight is 251 g/mol. The highest BCUT2D eigenvalue weighted by molar-refractivity contribution is 5.29. The summed E-state index contributed by atoms with van der Waals surface area (Å²) in [4.78, 5) is 8.83. The highest BCUT2D eigenvalue weighted by Gasteiger charge is 2.22. The summed E-state index contributed by atoms with van der Waals surface area (Å²) in [5.41, 5.74) is 1.31. The van der Waals surface area contributed by atoms with Crippen LogP contribution >= 0.6 is 0 Å². The molecular formula is C14H25N3O. The van der Waals surface area contributed by atoms with Gasteiger partial charge in [-0.3, -0.25) is 0 Å². The van der Waals surface area contributed by atoms with E-state index < -0.39 is 5.60 Å². The van der Waals surface area contributed by atoms with E-state index in [1.807, 2.05) is 26.8 Å². The summed E-state index contributed by atoms with van der Waals surface area (Å²) in [5, 5.41) is 13.4. The molecule has 2 N–H and O–H groups in total. The molecule has 0 aliphatic heterocycles. The lowest BCUT2D eigenvalue weighted by Crippen LogP contribution is -2.35. The first-order valence-electron chi connectivity index (χ1n) is 6.72. The Morgan fingerprint density at radius 3 is 2.39 bits per heavy atom. The summed E-state index contributed by atoms with van der Waals surface area (Å²) in [6.45, 7) is 10.6. The lowest BCUT2D eigenvalue weighted by molar-refractivity contribution is 0.0455. The van der Waals surface area contributed by atoms with E-state index in [4.69, 9.17) is 0 Å². The number of rotatable bonds is 6. The van der Waals surface area contributed by atoms with Crippen LogP contribution < -0.4 is 5.32 Å². The number of aromatic nitrogens is 2. The molecule has 102 valence electrons. The Morgan fingerprint density at radius 2 is 1.89 bits per heavy atom. The fraction of sp³-hybridized carbons (Fsp3) is 0.714. The van der Waals surface area contributed by atoms with Gasteiger partial charge >= 0.3 is 0 Å². The minimum absolute atomic E-state index is 0.378. The zero-order valence-corrected chi connectivity index (χ0v) is 12.1. The van der Waals surface area contributed by atoms with Crippen molar-refractivity contribution in [2.24, 2.45) is 0 Å². The molecule has 1 aromatic rings. The molecule has 4 heteroatoms. The standard InChI is InChI=1S/C14H25N3O/c1-6-14(18,7-2)9-15-13-16-11(5)8-12(17-13)10(3)4/h8,10,18H,6-7,9H2,1-5H3,(H,15,16,17). The molecule has 0 saturated heterocycles. The average Bonchev–Trinajstić information content (AvgIpc) is 2.35. The van der Waals surface area contributed by atoms with Crippen LogP contribution in [0.4, 0.5) is 5.95 Å². The van der Waals surface area contributed by atoms with Crippen LogP contribution in [0.25, 0.3) is 0 Å². The zero-order chi connectivity index (χ0) is 13.8. The monoisotopic (exact) mass is 251 g/mol. The van der Waals surface area contributed by atoms with E-state index >= 15 is 0 Å². The van der Waals surface area contributed by atoms with Gasteiger partial charge < -0.3 is 10.4 Å². The molecule has 0 fully saturated rings. The van der Waals surface area contributed by atoms with Gasteiger partial charge in [-0.25, -0.2) is 9.97 Å². The Balaban J connectivity index is 2.79. The second kappa shape index (κ2) is 6.14. The van der Waals surface area contributed by atoms with Gasteiger partial charge in [0.15, 0.2) is 0 Å². The lowest BCUT2D eigenvalue weighted by Gasteiger charge is -2.25. The summed E-state index contributed by atoms with van der Waals surface area (Å²) in [6.07, 6.45) is 1.44. The molecule has 0 aliphatic carbocycles. The van der Waals surface area contributed by atoms with Crippen LogP contribution in [-0.2, 0) is 0 Å². The van der Waals surface area contributed by atoms with E-state index in [1.54, 1.807) is 0 Å². The van der Waals surface area contributed by atoms with Gasteiger partial charge in [-0.05, 0) is 31.7 Å². The Kier molecular flexibility index (Phi) is 5.08. The highest BCUT2D eigenvalue weighted by Crippen LogP contribution is 2.17. The predicted octanol–water partition coefficient (Wildman–Crippen LogP) is 2.87. The lowest BCUT2D eigenvalue weighted by atomic mass is 9.98. The SMILES string of the molecule is CCC(O)(CC)CNc1nc(C)cc(C(C)C)n1. The minimum Gasteiger partial charge on any atom is -0.388 e. The van der Waals surface area contributed by atoms with Crippen LogP contribution in [0, 0.1) is 6.92 Å². The van der Waals surface area contributed by atoms with Crippen LogP contribution in [0.1, 0.15) is 57.8 Å². The first-order valence-corrected chi connectivity index (χ1v) is 6.72. The van der Waals surface area contributed by atoms with Gasteiger partial charge in [0.25, 0.3) is 0 Å². The van der Waals surface area contributed by atoms with Gasteiger partial charge in [-0.15, -0.1) is 0 Å². The van der Waals surface area contributed by atoms with Gasteiger partial charge in [-0.1, -0.05) is 27.7 Å². The zero-order valence-electron chi connectivity index (χ0n) is 12.1. The molecule has 1 heterocycles. The molecule has 0 amide bonds. The van der Waals surface area contributed by atoms with Gasteiger partial charge in [-0.2, -0.15) is 0 Å². The van der Waals surface area contributed by atoms with Crippen LogP contribution in [0.5, 0.6) is 0 Å². The fourth-order valence-electron chi connectivity index (χ4n) is 1.71. The Bertz CT molecular complexity index is 387. The number of hydrogen-bond acceptors (Lipinski definition) is 4. The summed E-state index contributed by atoms with van der Waals surface area (Å²) in [7, 11) is 0. The smallest absolute Gasteiger partial charge is 0.223 e. The maximum atomic E-state index is 10.2. The van der Waals surface area contributed by atoms with Crippen LogP contribution in [-0.4, -0.2) is 27.2 Å². The van der Waals surface area contributed by atoms with Crippen molar-refractivity contribution >= 4 is 5.95 Å². The molecule has 18 heavy (non-hydrogen) atoms. The van der Waals surface area contributed by atoms with E-state index in [2.05, 4.69) is 29.1 Å². The van der Waals surface area contributed by atoms with Gasteiger partial charge in [0.2, 0.25) is 5.95 Å². The molecular weight excluding hydrogens is 226 g/mol. The minimum atomic E-state index is -0.675. The van der Waals surface area contributed by atoms with E-state index in [0.29, 0.717) is 18.4 Å². The Hall–Kier alpha value is -1.16. The third kappa shape index (κ3) is 3.95. The molecule has 0 atom stereocenters. The van der Waals surface area contributed by atoms with Crippen molar-refractivity contribution in [1.82, 2.24) is 9.97 Å². The summed E-state index contributed by atoms with van der Waals surface area (Å²) >= 11 is 0. The molecule has 4 nitrogen and oxygen atoms in total. The third-order valence-electron chi connectivity index (χ3n) is 3.36. The summed E-state index contributed by atoms with van der Waals surface area (Å²) in [5.74, 6) is 0.988. The predicted molar refractivity (Wildman–Crippen MR) is 74.9 cm³/mol. The maximum Gasteiger partial charge on any atom is 0.223 e. The molecule has 0 saturated carbocycles. The van der Waals surface area contributed by atoms with E-state index in [0.717, 1.165) is 24.2 Å². The largest absolute Gasteiger partial charge is 0.388 e. The van der Waals surface area contributed by atoms with Crippen molar-refractivity contribution in [3.63, 3.8) is 0 Å². The molecule has 0 aromatic carbocycles. The summed E-state index contributed by atoms with van der Waals surface area (Å²) in [6, 6.07) is 2.00. The molecule has 0 unspecified atom stereocenters. The van der Waals surface area contributed by atoms with Gasteiger partial charge in [0.05, 0.1) is 5.60 Å². The maximum absolute atomic E-state index is 10.2. The van der Waals surface area contributed by atoms with Crippen LogP contribution in [0.15, 0.2) is 6.07 Å². The second-order valence-corrected chi connectivity index (χ2v) is 5.20. The molecule has 1 aromatic heterocycles. The van der Waals surface area contributed by atoms with Crippen molar-refractivity contribution < 1.29 is 5.11 Å². The molecule has 0 spiro atoms. The molecule has 0 radical (unpaired) electrons. The van der Waals surface area contributed by atoms with E-state index in [1.165, 1.54) is 0 Å². The van der Waals surface area contributed by atoms with Crippen molar-refractivity contribution in [3.8, 4) is 0 Å². The number of anilines is 1. The van der Waals surface area contributed by atoms with Crippen molar-refractivity contribution in [2.75, 3.05) is 11.9 Å². The number of aryl methyl sites for hydroxylation is 1. The second-order valence-electron chi connectivity index (χ2n) is 5.20. The summed E-state index contributed by atoms with van der Waals surface area (Å²) < 4.78 is 0. The number of nitrogens with one attached hydrogen (secondary N) is 1. The highest BCUT2D eigenvalue weighted by atomic mass is 16.3. The number of hydrogen-bond donors (Lipinski definition) is 2.